The number of carbonyl (C=O) groups excluding carboxylic acids is 2. The molecule has 0 unspecified atom stereocenters. The third kappa shape index (κ3) is 3.70. The second kappa shape index (κ2) is 7.38. The lowest BCUT2D eigenvalue weighted by Gasteiger charge is -2.06. The van der Waals surface area contributed by atoms with E-state index in [1.165, 1.54) is 35.6 Å². The Morgan fingerprint density at radius 2 is 1.81 bits per heavy atom. The molecule has 138 valence electrons. The van der Waals surface area contributed by atoms with Gasteiger partial charge in [0.1, 0.15) is 11.3 Å². The number of nitrogens with zero attached hydrogens (tertiary/aromatic N) is 2. The first-order valence-electron chi connectivity index (χ1n) is 7.75. The maximum absolute atomic E-state index is 12.3. The first-order chi connectivity index (χ1) is 12.9. The number of hydrazine groups is 1. The van der Waals surface area contributed by atoms with Crippen molar-refractivity contribution >= 4 is 28.8 Å². The summed E-state index contributed by atoms with van der Waals surface area (Å²) in [4.78, 5) is 35.9. The van der Waals surface area contributed by atoms with Gasteiger partial charge in [0.05, 0.1) is 21.1 Å². The average molecular weight is 386 g/mol. The lowest BCUT2D eigenvalue weighted by molar-refractivity contribution is -0.385. The second-order valence-electron chi connectivity index (χ2n) is 5.55. The van der Waals surface area contributed by atoms with E-state index in [-0.39, 0.29) is 11.3 Å². The molecule has 0 bridgehead atoms. The van der Waals surface area contributed by atoms with Crippen molar-refractivity contribution in [3.8, 4) is 10.4 Å². The summed E-state index contributed by atoms with van der Waals surface area (Å²) in [6.45, 7) is 3.58. The normalized spacial score (nSPS) is 10.4. The summed E-state index contributed by atoms with van der Waals surface area (Å²) in [5.41, 5.74) is 5.50. The van der Waals surface area contributed by atoms with Crippen LogP contribution in [-0.4, -0.2) is 21.9 Å². The van der Waals surface area contributed by atoms with Crippen LogP contribution in [-0.2, 0) is 0 Å². The molecule has 2 aromatic heterocycles. The van der Waals surface area contributed by atoms with E-state index in [1.54, 1.807) is 26.0 Å². The Labute approximate surface area is 157 Å². The smallest absolute Gasteiger partial charge is 0.282 e. The number of thiophene rings is 1. The number of rotatable bonds is 4. The molecule has 0 aliphatic heterocycles. The van der Waals surface area contributed by atoms with Crippen molar-refractivity contribution in [1.82, 2.24) is 16.0 Å². The molecule has 0 radical (unpaired) electrons. The number of hydrogen-bond donors (Lipinski definition) is 2. The summed E-state index contributed by atoms with van der Waals surface area (Å²) in [6.07, 6.45) is 0. The van der Waals surface area contributed by atoms with E-state index in [0.29, 0.717) is 16.3 Å². The van der Waals surface area contributed by atoms with Gasteiger partial charge in [-0.25, -0.2) is 0 Å². The lowest BCUT2D eigenvalue weighted by Crippen LogP contribution is -2.41. The zero-order valence-electron chi connectivity index (χ0n) is 14.3. The highest BCUT2D eigenvalue weighted by molar-refractivity contribution is 7.17. The molecule has 0 aliphatic carbocycles. The molecular formula is C17H14N4O5S. The molecule has 0 fully saturated rings. The van der Waals surface area contributed by atoms with Gasteiger partial charge < -0.3 is 4.52 Å². The standard InChI is InChI=1S/C17H14N4O5S/c1-9-15(10(2)26-20-9)13-7-8-14(27-13)17(23)19-18-16(22)11-5-3-4-6-12(11)21(24)25/h3-8H,1-2H3,(H,18,22)(H,19,23). The van der Waals surface area contributed by atoms with Crippen molar-refractivity contribution in [2.45, 2.75) is 13.8 Å². The van der Waals surface area contributed by atoms with Gasteiger partial charge in [0, 0.05) is 10.9 Å². The molecular weight excluding hydrogens is 372 g/mol. The largest absolute Gasteiger partial charge is 0.361 e. The fraction of sp³-hybridized carbons (Fsp3) is 0.118. The molecule has 0 aliphatic rings. The first-order valence-corrected chi connectivity index (χ1v) is 8.57. The van der Waals surface area contributed by atoms with Crippen molar-refractivity contribution in [2.75, 3.05) is 0 Å². The van der Waals surface area contributed by atoms with Gasteiger partial charge in [-0.3, -0.25) is 30.6 Å². The van der Waals surface area contributed by atoms with E-state index in [4.69, 9.17) is 4.52 Å². The number of hydrogen-bond acceptors (Lipinski definition) is 7. The Morgan fingerprint density at radius 3 is 2.48 bits per heavy atom. The van der Waals surface area contributed by atoms with E-state index in [9.17, 15) is 19.7 Å². The zero-order chi connectivity index (χ0) is 19.6. The minimum absolute atomic E-state index is 0.148. The van der Waals surface area contributed by atoms with Crippen LogP contribution in [0, 0.1) is 24.0 Å². The molecule has 10 heteroatoms. The number of nitro benzene ring substituents is 1. The Bertz CT molecular complexity index is 1020. The highest BCUT2D eigenvalue weighted by Gasteiger charge is 2.20. The van der Waals surface area contributed by atoms with Crippen molar-refractivity contribution in [1.29, 1.82) is 0 Å². The Balaban J connectivity index is 1.70. The average Bonchev–Trinajstić information content (AvgIpc) is 3.25. The molecule has 0 saturated carbocycles. The molecule has 2 heterocycles. The number of amides is 2. The third-order valence-electron chi connectivity index (χ3n) is 3.74. The molecule has 0 spiro atoms. The molecule has 9 nitrogen and oxygen atoms in total. The van der Waals surface area contributed by atoms with Crippen LogP contribution in [0.3, 0.4) is 0 Å². The van der Waals surface area contributed by atoms with Crippen molar-refractivity contribution in [2.24, 2.45) is 0 Å². The van der Waals surface area contributed by atoms with Crippen LogP contribution in [0.1, 0.15) is 31.5 Å². The Kier molecular flexibility index (Phi) is 4.99. The van der Waals surface area contributed by atoms with Crippen molar-refractivity contribution in [3.05, 3.63) is 68.4 Å². The van der Waals surface area contributed by atoms with Gasteiger partial charge in [0.2, 0.25) is 0 Å². The number of nitro groups is 1. The molecule has 27 heavy (non-hydrogen) atoms. The second-order valence-corrected chi connectivity index (χ2v) is 6.63. The van der Waals surface area contributed by atoms with E-state index >= 15 is 0 Å². The number of nitrogens with one attached hydrogen (secondary N) is 2. The topological polar surface area (TPSA) is 127 Å². The number of aryl methyl sites for hydroxylation is 2. The molecule has 0 atom stereocenters. The minimum atomic E-state index is -0.779. The quantitative estimate of drug-likeness (QED) is 0.524. The monoisotopic (exact) mass is 386 g/mol. The maximum Gasteiger partial charge on any atom is 0.282 e. The predicted octanol–water partition coefficient (Wildman–Crippen LogP) is 3.00. The summed E-state index contributed by atoms with van der Waals surface area (Å²) in [5.74, 6) is -0.672. The van der Waals surface area contributed by atoms with Crippen LogP contribution in [0.2, 0.25) is 0 Å². The summed E-state index contributed by atoms with van der Waals surface area (Å²) in [7, 11) is 0. The minimum Gasteiger partial charge on any atom is -0.361 e. The molecule has 3 aromatic rings. The third-order valence-corrected chi connectivity index (χ3v) is 4.85. The molecule has 1 aromatic carbocycles. The highest BCUT2D eigenvalue weighted by atomic mass is 32.1. The predicted molar refractivity (Wildman–Crippen MR) is 97.3 cm³/mol. The molecule has 3 rings (SSSR count). The molecule has 0 saturated heterocycles. The van der Waals surface area contributed by atoms with Crippen LogP contribution in [0.4, 0.5) is 5.69 Å². The van der Waals surface area contributed by atoms with Crippen LogP contribution in [0.5, 0.6) is 0 Å². The van der Waals surface area contributed by atoms with Gasteiger partial charge in [-0.15, -0.1) is 11.3 Å². The number of para-hydroxylation sites is 1. The van der Waals surface area contributed by atoms with Gasteiger partial charge in [0.15, 0.2) is 0 Å². The van der Waals surface area contributed by atoms with E-state index < -0.39 is 16.7 Å². The van der Waals surface area contributed by atoms with Gasteiger partial charge >= 0.3 is 0 Å². The Morgan fingerprint density at radius 1 is 1.11 bits per heavy atom. The van der Waals surface area contributed by atoms with Crippen LogP contribution >= 0.6 is 11.3 Å². The van der Waals surface area contributed by atoms with E-state index in [2.05, 4.69) is 16.0 Å². The highest BCUT2D eigenvalue weighted by Crippen LogP contribution is 2.32. The van der Waals surface area contributed by atoms with Gasteiger partial charge in [-0.05, 0) is 32.0 Å². The SMILES string of the molecule is Cc1noc(C)c1-c1ccc(C(=O)NNC(=O)c2ccccc2[N+](=O)[O-])s1. The number of carbonyl (C=O) groups is 2. The maximum atomic E-state index is 12.3. The summed E-state index contributed by atoms with van der Waals surface area (Å²) in [6, 6.07) is 8.84. The van der Waals surface area contributed by atoms with Gasteiger partial charge in [0.25, 0.3) is 17.5 Å². The number of benzene rings is 1. The van der Waals surface area contributed by atoms with Crippen LogP contribution in [0.15, 0.2) is 40.9 Å². The zero-order valence-corrected chi connectivity index (χ0v) is 15.1. The number of aromatic nitrogens is 1. The summed E-state index contributed by atoms with van der Waals surface area (Å²) in [5, 5.41) is 14.9. The Hall–Kier alpha value is -3.53. The fourth-order valence-corrected chi connectivity index (χ4v) is 3.54. The van der Waals surface area contributed by atoms with Crippen LogP contribution < -0.4 is 10.9 Å². The van der Waals surface area contributed by atoms with Gasteiger partial charge in [-0.2, -0.15) is 0 Å². The first kappa shape index (κ1) is 18.3. The molecule has 2 amide bonds. The van der Waals surface area contributed by atoms with Gasteiger partial charge in [-0.1, -0.05) is 17.3 Å². The van der Waals surface area contributed by atoms with Crippen molar-refractivity contribution < 1.29 is 19.0 Å². The van der Waals surface area contributed by atoms with E-state index in [1.807, 2.05) is 0 Å². The lowest BCUT2D eigenvalue weighted by atomic mass is 10.2. The molecule has 2 N–H and O–H groups in total. The van der Waals surface area contributed by atoms with E-state index in [0.717, 1.165) is 10.4 Å². The summed E-state index contributed by atoms with van der Waals surface area (Å²) < 4.78 is 5.12. The fourth-order valence-electron chi connectivity index (χ4n) is 2.50. The van der Waals surface area contributed by atoms with Crippen molar-refractivity contribution in [3.63, 3.8) is 0 Å². The van der Waals surface area contributed by atoms with Crippen LogP contribution in [0.25, 0.3) is 10.4 Å². The summed E-state index contributed by atoms with van der Waals surface area (Å²) >= 11 is 1.21.